The molecule has 4 N–H and O–H groups in total. The lowest BCUT2D eigenvalue weighted by Crippen LogP contribution is -2.48. The Morgan fingerprint density at radius 2 is 2.09 bits per heavy atom. The molecule has 0 aromatic carbocycles. The number of nitrogens with one attached hydrogen (secondary N) is 4. The van der Waals surface area contributed by atoms with Crippen LogP contribution in [0.5, 0.6) is 0 Å². The van der Waals surface area contributed by atoms with E-state index in [4.69, 9.17) is 4.74 Å². The smallest absolute Gasteiger partial charge is 0.407 e. The molecule has 0 saturated carbocycles. The predicted octanol–water partition coefficient (Wildman–Crippen LogP) is 0.971. The van der Waals surface area contributed by atoms with Gasteiger partial charge in [-0.2, -0.15) is 0 Å². The van der Waals surface area contributed by atoms with E-state index in [1.165, 1.54) is 6.07 Å². The Kier molecular flexibility index (Phi) is 7.04. The van der Waals surface area contributed by atoms with Gasteiger partial charge in [0.25, 0.3) is 5.56 Å². The molecule has 1 aromatic heterocycles. The maximum atomic E-state index is 12.0. The van der Waals surface area contributed by atoms with E-state index in [0.29, 0.717) is 5.69 Å². The van der Waals surface area contributed by atoms with E-state index in [9.17, 15) is 14.4 Å². The number of alkyl carbamates (subject to hydrolysis) is 1. The second kappa shape index (κ2) is 8.76. The summed E-state index contributed by atoms with van der Waals surface area (Å²) in [5.74, 6) is 0.139. The summed E-state index contributed by atoms with van der Waals surface area (Å²) in [6.07, 6.45) is -0.537. The lowest BCUT2D eigenvalue weighted by atomic mass is 10.0. The molecule has 1 aromatic rings. The van der Waals surface area contributed by atoms with Crippen LogP contribution in [0.1, 0.15) is 26.5 Å². The van der Waals surface area contributed by atoms with E-state index in [1.54, 1.807) is 13.8 Å². The molecular weight excluding hydrogens is 302 g/mol. The van der Waals surface area contributed by atoms with E-state index in [-0.39, 0.29) is 36.6 Å². The molecule has 0 radical (unpaired) electrons. The number of aromatic nitrogens is 2. The molecule has 128 valence electrons. The number of hydrogen-bond donors (Lipinski definition) is 4. The van der Waals surface area contributed by atoms with Crippen LogP contribution in [-0.4, -0.2) is 41.3 Å². The first kappa shape index (κ1) is 18.5. The Balaban J connectivity index is 2.60. The molecule has 0 aliphatic heterocycles. The van der Waals surface area contributed by atoms with Crippen LogP contribution in [0.15, 0.2) is 10.9 Å². The quantitative estimate of drug-likeness (QED) is 0.620. The zero-order valence-corrected chi connectivity index (χ0v) is 13.7. The monoisotopic (exact) mass is 325 g/mol. The number of carbonyl (C=O) groups is 2. The fraction of sp³-hybridized carbons (Fsp3) is 0.571. The zero-order chi connectivity index (χ0) is 17.4. The van der Waals surface area contributed by atoms with Crippen molar-refractivity contribution in [2.45, 2.75) is 33.7 Å². The molecule has 0 bridgehead atoms. The standard InChI is InChI=1S/C14H23N5O4/c1-5-23-14(22)15-7-10(8(2)3)17-13(21)19-12-16-9(4)6-11(20)18-12/h6,8,10H,5,7H2,1-4H3,(H,15,22)(H3,16,17,18,19,20,21). The topological polar surface area (TPSA) is 125 Å². The van der Waals surface area contributed by atoms with Crippen LogP contribution in [0.25, 0.3) is 0 Å². The number of anilines is 1. The molecule has 0 aliphatic carbocycles. The molecular formula is C14H23N5O4. The molecule has 0 aliphatic rings. The number of rotatable bonds is 6. The zero-order valence-electron chi connectivity index (χ0n) is 13.7. The minimum atomic E-state index is -0.537. The van der Waals surface area contributed by atoms with Crippen LogP contribution < -0.4 is 21.5 Å². The van der Waals surface area contributed by atoms with E-state index in [1.807, 2.05) is 13.8 Å². The van der Waals surface area contributed by atoms with Gasteiger partial charge < -0.3 is 15.4 Å². The Labute approximate surface area is 134 Å². The van der Waals surface area contributed by atoms with Crippen LogP contribution in [0, 0.1) is 12.8 Å². The molecule has 23 heavy (non-hydrogen) atoms. The molecule has 1 atom stereocenters. The van der Waals surface area contributed by atoms with Gasteiger partial charge >= 0.3 is 12.1 Å². The van der Waals surface area contributed by atoms with E-state index in [0.717, 1.165) is 0 Å². The lowest BCUT2D eigenvalue weighted by Gasteiger charge is -2.22. The summed E-state index contributed by atoms with van der Waals surface area (Å²) < 4.78 is 4.77. The summed E-state index contributed by atoms with van der Waals surface area (Å²) in [6.45, 7) is 7.68. The SMILES string of the molecule is CCOC(=O)NCC(NC(=O)Nc1nc(C)cc(=O)[nH]1)C(C)C. The number of hydrogen-bond acceptors (Lipinski definition) is 5. The van der Waals surface area contributed by atoms with Gasteiger partial charge in [0.05, 0.1) is 12.6 Å². The van der Waals surface area contributed by atoms with Crippen LogP contribution in [0.4, 0.5) is 15.5 Å². The Morgan fingerprint density at radius 1 is 1.39 bits per heavy atom. The number of aromatic amines is 1. The average molecular weight is 325 g/mol. The van der Waals surface area contributed by atoms with Crippen molar-refractivity contribution in [3.8, 4) is 0 Å². The van der Waals surface area contributed by atoms with Crippen molar-refractivity contribution in [3.05, 3.63) is 22.1 Å². The molecule has 9 nitrogen and oxygen atoms in total. The highest BCUT2D eigenvalue weighted by atomic mass is 16.5. The summed E-state index contributed by atoms with van der Waals surface area (Å²) >= 11 is 0. The summed E-state index contributed by atoms with van der Waals surface area (Å²) in [7, 11) is 0. The second-order valence-corrected chi connectivity index (χ2v) is 5.29. The van der Waals surface area contributed by atoms with Crippen LogP contribution in [0.3, 0.4) is 0 Å². The van der Waals surface area contributed by atoms with Crippen molar-refractivity contribution in [2.75, 3.05) is 18.5 Å². The lowest BCUT2D eigenvalue weighted by molar-refractivity contribution is 0.150. The number of amides is 3. The number of urea groups is 1. The van der Waals surface area contributed by atoms with Gasteiger partial charge in [0.2, 0.25) is 5.95 Å². The minimum Gasteiger partial charge on any atom is -0.450 e. The van der Waals surface area contributed by atoms with Gasteiger partial charge in [0.1, 0.15) is 0 Å². The van der Waals surface area contributed by atoms with Gasteiger partial charge in [-0.1, -0.05) is 13.8 Å². The minimum absolute atomic E-state index is 0.0633. The molecule has 1 rings (SSSR count). The summed E-state index contributed by atoms with van der Waals surface area (Å²) in [5, 5.41) is 7.76. The molecule has 0 spiro atoms. The van der Waals surface area contributed by atoms with Crippen molar-refractivity contribution in [3.63, 3.8) is 0 Å². The van der Waals surface area contributed by atoms with Crippen LogP contribution >= 0.6 is 0 Å². The van der Waals surface area contributed by atoms with Crippen LogP contribution in [-0.2, 0) is 4.74 Å². The number of ether oxygens (including phenoxy) is 1. The molecule has 1 unspecified atom stereocenters. The maximum Gasteiger partial charge on any atom is 0.407 e. The summed E-state index contributed by atoms with van der Waals surface area (Å²) in [4.78, 5) is 41.1. The van der Waals surface area contributed by atoms with Crippen molar-refractivity contribution in [2.24, 2.45) is 5.92 Å². The highest BCUT2D eigenvalue weighted by Crippen LogP contribution is 2.02. The highest BCUT2D eigenvalue weighted by molar-refractivity contribution is 5.87. The van der Waals surface area contributed by atoms with Crippen molar-refractivity contribution >= 4 is 18.1 Å². The molecule has 0 saturated heterocycles. The largest absolute Gasteiger partial charge is 0.450 e. The Bertz CT molecular complexity index is 599. The Hall–Kier alpha value is -2.58. The third kappa shape index (κ3) is 6.81. The number of H-pyrrole nitrogens is 1. The fourth-order valence-electron chi connectivity index (χ4n) is 1.78. The third-order valence-electron chi connectivity index (χ3n) is 2.96. The van der Waals surface area contributed by atoms with Crippen molar-refractivity contribution < 1.29 is 14.3 Å². The number of carbonyl (C=O) groups excluding carboxylic acids is 2. The van der Waals surface area contributed by atoms with Crippen LogP contribution in [0.2, 0.25) is 0 Å². The molecule has 1 heterocycles. The first-order valence-corrected chi connectivity index (χ1v) is 7.38. The van der Waals surface area contributed by atoms with E-state index in [2.05, 4.69) is 25.9 Å². The highest BCUT2D eigenvalue weighted by Gasteiger charge is 2.18. The van der Waals surface area contributed by atoms with Gasteiger partial charge in [0.15, 0.2) is 0 Å². The summed E-state index contributed by atoms with van der Waals surface area (Å²) in [5.41, 5.74) is 0.144. The van der Waals surface area contributed by atoms with Gasteiger partial charge in [-0.25, -0.2) is 14.6 Å². The molecule has 3 amide bonds. The molecule has 9 heteroatoms. The van der Waals surface area contributed by atoms with Gasteiger partial charge in [-0.3, -0.25) is 15.1 Å². The number of aryl methyl sites for hydroxylation is 1. The first-order chi connectivity index (χ1) is 10.8. The summed E-state index contributed by atoms with van der Waals surface area (Å²) in [6, 6.07) is 0.488. The van der Waals surface area contributed by atoms with E-state index < -0.39 is 12.1 Å². The normalized spacial score (nSPS) is 11.7. The average Bonchev–Trinajstić information content (AvgIpc) is 2.42. The fourth-order valence-corrected chi connectivity index (χ4v) is 1.78. The third-order valence-corrected chi connectivity index (χ3v) is 2.96. The van der Waals surface area contributed by atoms with Gasteiger partial charge in [-0.05, 0) is 19.8 Å². The van der Waals surface area contributed by atoms with Crippen molar-refractivity contribution in [1.82, 2.24) is 20.6 Å². The Morgan fingerprint density at radius 3 is 2.65 bits per heavy atom. The number of nitrogens with zero attached hydrogens (tertiary/aromatic N) is 1. The second-order valence-electron chi connectivity index (χ2n) is 5.29. The first-order valence-electron chi connectivity index (χ1n) is 7.38. The maximum absolute atomic E-state index is 12.0. The van der Waals surface area contributed by atoms with Gasteiger partial charge in [-0.15, -0.1) is 0 Å². The van der Waals surface area contributed by atoms with E-state index >= 15 is 0 Å². The van der Waals surface area contributed by atoms with Gasteiger partial charge in [0, 0.05) is 18.3 Å². The molecule has 0 fully saturated rings. The van der Waals surface area contributed by atoms with Crippen molar-refractivity contribution in [1.29, 1.82) is 0 Å². The predicted molar refractivity (Wildman–Crippen MR) is 85.4 cm³/mol.